The predicted molar refractivity (Wildman–Crippen MR) is 89.6 cm³/mol. The van der Waals surface area contributed by atoms with Gasteiger partial charge in [-0.2, -0.15) is 0 Å². The highest BCUT2D eigenvalue weighted by Gasteiger charge is 2.26. The normalized spacial score (nSPS) is 18.0. The second-order valence-electron chi connectivity index (χ2n) is 6.57. The Morgan fingerprint density at radius 1 is 1.33 bits per heavy atom. The highest BCUT2D eigenvalue weighted by molar-refractivity contribution is 5.76. The molecule has 1 aliphatic heterocycles. The molecule has 3 rings (SSSR count). The quantitative estimate of drug-likeness (QED) is 0.863. The molecule has 2 aromatic rings. The Morgan fingerprint density at radius 3 is 2.88 bits per heavy atom. The number of aromatic nitrogens is 3. The summed E-state index contributed by atoms with van der Waals surface area (Å²) in [6, 6.07) is 0. The first-order chi connectivity index (χ1) is 11.5. The first kappa shape index (κ1) is 16.6. The fourth-order valence-corrected chi connectivity index (χ4v) is 3.37. The van der Waals surface area contributed by atoms with E-state index in [9.17, 15) is 4.79 Å². The zero-order valence-corrected chi connectivity index (χ0v) is 14.6. The number of carbonyl (C=O) groups is 1. The van der Waals surface area contributed by atoms with Crippen LogP contribution in [-0.4, -0.2) is 39.0 Å². The van der Waals surface area contributed by atoms with Gasteiger partial charge in [0.1, 0.15) is 5.76 Å². The van der Waals surface area contributed by atoms with Gasteiger partial charge in [0, 0.05) is 43.4 Å². The molecule has 0 aromatic carbocycles. The Hall–Kier alpha value is -2.24. The van der Waals surface area contributed by atoms with Gasteiger partial charge in [0.15, 0.2) is 0 Å². The van der Waals surface area contributed by atoms with Crippen molar-refractivity contribution in [1.29, 1.82) is 0 Å². The molecule has 6 heteroatoms. The number of hydrogen-bond acceptors (Lipinski definition) is 5. The number of aryl methyl sites for hydroxylation is 3. The third kappa shape index (κ3) is 3.63. The molecule has 0 aliphatic carbocycles. The number of piperidine rings is 1. The molecule has 128 valence electrons. The smallest absolute Gasteiger partial charge is 0.222 e. The molecule has 24 heavy (non-hydrogen) atoms. The van der Waals surface area contributed by atoms with Crippen LogP contribution in [0.25, 0.3) is 0 Å². The van der Waals surface area contributed by atoms with E-state index >= 15 is 0 Å². The lowest BCUT2D eigenvalue weighted by atomic mass is 9.94. The molecule has 1 fully saturated rings. The van der Waals surface area contributed by atoms with Gasteiger partial charge in [-0.15, -0.1) is 0 Å². The van der Waals surface area contributed by atoms with Crippen LogP contribution in [-0.2, 0) is 11.2 Å². The largest absolute Gasteiger partial charge is 0.361 e. The maximum atomic E-state index is 12.6. The first-order valence-electron chi connectivity index (χ1n) is 8.52. The zero-order valence-electron chi connectivity index (χ0n) is 14.6. The molecule has 1 amide bonds. The van der Waals surface area contributed by atoms with Gasteiger partial charge in [0.05, 0.1) is 17.1 Å². The summed E-state index contributed by atoms with van der Waals surface area (Å²) in [5.41, 5.74) is 3.86. The van der Waals surface area contributed by atoms with E-state index in [2.05, 4.69) is 15.1 Å². The number of likely N-dealkylation sites (tertiary alicyclic amines) is 1. The summed E-state index contributed by atoms with van der Waals surface area (Å²) in [5, 5.41) is 3.95. The molecular formula is C18H24N4O2. The monoisotopic (exact) mass is 328 g/mol. The zero-order chi connectivity index (χ0) is 17.1. The minimum Gasteiger partial charge on any atom is -0.361 e. The van der Waals surface area contributed by atoms with Crippen molar-refractivity contribution >= 4 is 5.91 Å². The van der Waals surface area contributed by atoms with Crippen molar-refractivity contribution in [2.24, 2.45) is 0 Å². The maximum Gasteiger partial charge on any atom is 0.222 e. The predicted octanol–water partition coefficient (Wildman–Crippen LogP) is 2.73. The van der Waals surface area contributed by atoms with E-state index in [1.165, 1.54) is 0 Å². The Bertz CT molecular complexity index is 706. The van der Waals surface area contributed by atoms with E-state index < -0.39 is 0 Å². The lowest BCUT2D eigenvalue weighted by Gasteiger charge is -2.32. The molecule has 1 unspecified atom stereocenters. The molecule has 0 radical (unpaired) electrons. The highest BCUT2D eigenvalue weighted by Crippen LogP contribution is 2.26. The van der Waals surface area contributed by atoms with Gasteiger partial charge in [-0.05, 0) is 40.0 Å². The average Bonchev–Trinajstić information content (AvgIpc) is 2.91. The molecule has 2 aromatic heterocycles. The van der Waals surface area contributed by atoms with Crippen molar-refractivity contribution < 1.29 is 9.32 Å². The Kier molecular flexibility index (Phi) is 4.92. The number of amides is 1. The summed E-state index contributed by atoms with van der Waals surface area (Å²) in [6.07, 6.45) is 6.85. The number of rotatable bonds is 4. The van der Waals surface area contributed by atoms with Gasteiger partial charge in [0.25, 0.3) is 0 Å². The van der Waals surface area contributed by atoms with Crippen LogP contribution in [0.2, 0.25) is 0 Å². The molecule has 0 saturated carbocycles. The Labute approximate surface area is 142 Å². The fourth-order valence-electron chi connectivity index (χ4n) is 3.37. The second-order valence-corrected chi connectivity index (χ2v) is 6.57. The van der Waals surface area contributed by atoms with Gasteiger partial charge < -0.3 is 9.42 Å². The summed E-state index contributed by atoms with van der Waals surface area (Å²) in [7, 11) is 0. The van der Waals surface area contributed by atoms with Gasteiger partial charge in [0.2, 0.25) is 5.91 Å². The number of carbonyl (C=O) groups excluding carboxylic acids is 1. The molecule has 1 saturated heterocycles. The van der Waals surface area contributed by atoms with E-state index in [1.54, 1.807) is 6.20 Å². The van der Waals surface area contributed by atoms with Crippen LogP contribution in [0.1, 0.15) is 53.6 Å². The SMILES string of the molecule is Cc1cncc(C2CCCN(C(=O)CCc3c(C)noc3C)C2)n1. The standard InChI is InChI=1S/C18H24N4O2/c1-12-9-19-10-17(20-12)15-5-4-8-22(11-15)18(23)7-6-16-13(2)21-24-14(16)3/h9-10,15H,4-8,11H2,1-3H3. The molecular weight excluding hydrogens is 304 g/mol. The van der Waals surface area contributed by atoms with Crippen molar-refractivity contribution in [3.8, 4) is 0 Å². The van der Waals surface area contributed by atoms with Gasteiger partial charge in [-0.25, -0.2) is 0 Å². The van der Waals surface area contributed by atoms with Crippen molar-refractivity contribution in [3.63, 3.8) is 0 Å². The third-order valence-corrected chi connectivity index (χ3v) is 4.74. The average molecular weight is 328 g/mol. The van der Waals surface area contributed by atoms with Crippen LogP contribution >= 0.6 is 0 Å². The topological polar surface area (TPSA) is 72.1 Å². The minimum absolute atomic E-state index is 0.195. The van der Waals surface area contributed by atoms with Crippen molar-refractivity contribution in [2.45, 2.75) is 52.4 Å². The molecule has 0 N–H and O–H groups in total. The molecule has 1 atom stereocenters. The summed E-state index contributed by atoms with van der Waals surface area (Å²) in [6.45, 7) is 7.33. The molecule has 0 spiro atoms. The van der Waals surface area contributed by atoms with Gasteiger partial charge in [-0.1, -0.05) is 5.16 Å². The third-order valence-electron chi connectivity index (χ3n) is 4.74. The van der Waals surface area contributed by atoms with Crippen LogP contribution in [0.4, 0.5) is 0 Å². The number of nitrogens with zero attached hydrogens (tertiary/aromatic N) is 4. The molecule has 1 aliphatic rings. The van der Waals surface area contributed by atoms with E-state index in [0.29, 0.717) is 12.8 Å². The molecule has 0 bridgehead atoms. The Balaban J connectivity index is 1.61. The van der Waals surface area contributed by atoms with Crippen molar-refractivity contribution in [2.75, 3.05) is 13.1 Å². The van der Waals surface area contributed by atoms with Crippen LogP contribution < -0.4 is 0 Å². The molecule has 3 heterocycles. The molecule has 6 nitrogen and oxygen atoms in total. The van der Waals surface area contributed by atoms with Crippen molar-refractivity contribution in [3.05, 3.63) is 40.8 Å². The second kappa shape index (κ2) is 7.11. The van der Waals surface area contributed by atoms with E-state index in [4.69, 9.17) is 4.52 Å². The summed E-state index contributed by atoms with van der Waals surface area (Å²) < 4.78 is 5.17. The van der Waals surface area contributed by atoms with E-state index in [0.717, 1.165) is 54.3 Å². The van der Waals surface area contributed by atoms with Crippen LogP contribution in [0.5, 0.6) is 0 Å². The summed E-state index contributed by atoms with van der Waals surface area (Å²) in [5.74, 6) is 1.29. The first-order valence-corrected chi connectivity index (χ1v) is 8.52. The maximum absolute atomic E-state index is 12.6. The van der Waals surface area contributed by atoms with Crippen LogP contribution in [0.3, 0.4) is 0 Å². The van der Waals surface area contributed by atoms with E-state index in [-0.39, 0.29) is 11.8 Å². The van der Waals surface area contributed by atoms with Crippen molar-refractivity contribution in [1.82, 2.24) is 20.0 Å². The minimum atomic E-state index is 0.195. The van der Waals surface area contributed by atoms with Gasteiger partial charge >= 0.3 is 0 Å². The van der Waals surface area contributed by atoms with E-state index in [1.807, 2.05) is 31.9 Å². The van der Waals surface area contributed by atoms with Gasteiger partial charge in [-0.3, -0.25) is 14.8 Å². The highest BCUT2D eigenvalue weighted by atomic mass is 16.5. The van der Waals surface area contributed by atoms with Crippen LogP contribution in [0, 0.1) is 20.8 Å². The Morgan fingerprint density at radius 2 is 2.17 bits per heavy atom. The number of hydrogen-bond donors (Lipinski definition) is 0. The van der Waals surface area contributed by atoms with Crippen LogP contribution in [0.15, 0.2) is 16.9 Å². The summed E-state index contributed by atoms with van der Waals surface area (Å²) in [4.78, 5) is 23.4. The fraction of sp³-hybridized carbons (Fsp3) is 0.556. The lowest BCUT2D eigenvalue weighted by Crippen LogP contribution is -2.39. The summed E-state index contributed by atoms with van der Waals surface area (Å²) >= 11 is 0. The lowest BCUT2D eigenvalue weighted by molar-refractivity contribution is -0.132.